The number of hydrogen-bond acceptors (Lipinski definition) is 3. The molecule has 0 atom stereocenters. The number of rotatable bonds is 4. The first-order valence-corrected chi connectivity index (χ1v) is 4.58. The lowest BCUT2D eigenvalue weighted by atomic mass is 10.3. The van der Waals surface area contributed by atoms with Gasteiger partial charge in [0.1, 0.15) is 0 Å². The zero-order valence-corrected chi connectivity index (χ0v) is 8.12. The fraction of sp³-hybridized carbons (Fsp3) is 0.300. The Morgan fingerprint density at radius 3 is 2.71 bits per heavy atom. The number of anilines is 1. The highest BCUT2D eigenvalue weighted by molar-refractivity contribution is 5.68. The van der Waals surface area contributed by atoms with Crippen molar-refractivity contribution in [2.45, 2.75) is 13.3 Å². The summed E-state index contributed by atoms with van der Waals surface area (Å²) in [6, 6.07) is 9.23. The Labute approximate surface area is 83.2 Å². The van der Waals surface area contributed by atoms with Crippen molar-refractivity contribution in [3.05, 3.63) is 30.3 Å². The van der Waals surface area contributed by atoms with Crippen LogP contribution in [0.5, 0.6) is 0 Å². The minimum Gasteiger partial charge on any atom is -0.324 e. The van der Waals surface area contributed by atoms with E-state index >= 15 is 0 Å². The predicted octanol–water partition coefficient (Wildman–Crippen LogP) is 2.15. The van der Waals surface area contributed by atoms with Gasteiger partial charge >= 0.3 is 6.09 Å². The summed E-state index contributed by atoms with van der Waals surface area (Å²) in [6.45, 7) is 2.60. The number of hydrogen-bond donors (Lipinski definition) is 2. The van der Waals surface area contributed by atoms with E-state index in [1.165, 1.54) is 0 Å². The smallest absolute Gasteiger partial charge is 0.324 e. The van der Waals surface area contributed by atoms with Gasteiger partial charge in [-0.3, -0.25) is 0 Å². The first-order valence-electron chi connectivity index (χ1n) is 4.58. The zero-order chi connectivity index (χ0) is 10.2. The maximum absolute atomic E-state index is 11.0. The van der Waals surface area contributed by atoms with Gasteiger partial charge in [0.05, 0.1) is 5.69 Å². The van der Waals surface area contributed by atoms with Gasteiger partial charge in [-0.25, -0.2) is 10.3 Å². The predicted molar refractivity (Wildman–Crippen MR) is 54.8 cm³/mol. The van der Waals surface area contributed by atoms with Crippen LogP contribution >= 0.6 is 0 Å². The van der Waals surface area contributed by atoms with Gasteiger partial charge in [-0.05, 0) is 18.6 Å². The van der Waals surface area contributed by atoms with Gasteiger partial charge in [0.15, 0.2) is 0 Å². The molecular formula is C10H14N2O2. The highest BCUT2D eigenvalue weighted by atomic mass is 16.7. The fourth-order valence-corrected chi connectivity index (χ4v) is 0.875. The van der Waals surface area contributed by atoms with Crippen molar-refractivity contribution in [2.24, 2.45) is 0 Å². The molecule has 1 aromatic carbocycles. The molecule has 0 spiro atoms. The van der Waals surface area contributed by atoms with E-state index in [-0.39, 0.29) is 0 Å². The molecule has 0 radical (unpaired) electrons. The van der Waals surface area contributed by atoms with Crippen molar-refractivity contribution in [3.8, 4) is 0 Å². The lowest BCUT2D eigenvalue weighted by Crippen LogP contribution is -2.26. The summed E-state index contributed by atoms with van der Waals surface area (Å²) < 4.78 is 0. The minimum atomic E-state index is -0.462. The molecule has 0 bridgehead atoms. The quantitative estimate of drug-likeness (QED) is 0.722. The minimum absolute atomic E-state index is 0.462. The Bertz CT molecular complexity index is 275. The van der Waals surface area contributed by atoms with Gasteiger partial charge in [0.2, 0.25) is 0 Å². The van der Waals surface area contributed by atoms with E-state index in [4.69, 9.17) is 4.84 Å². The van der Waals surface area contributed by atoms with Gasteiger partial charge in [0, 0.05) is 6.54 Å². The van der Waals surface area contributed by atoms with Crippen molar-refractivity contribution in [3.63, 3.8) is 0 Å². The van der Waals surface area contributed by atoms with Crippen molar-refractivity contribution in [1.82, 2.24) is 5.32 Å². The molecule has 4 heteroatoms. The Morgan fingerprint density at radius 1 is 1.36 bits per heavy atom. The maximum Gasteiger partial charge on any atom is 0.431 e. The molecule has 0 aliphatic rings. The molecule has 2 N–H and O–H groups in total. The number of para-hydroxylation sites is 1. The molecule has 1 amide bonds. The third-order valence-corrected chi connectivity index (χ3v) is 1.55. The molecule has 0 fully saturated rings. The number of amides is 1. The van der Waals surface area contributed by atoms with Crippen LogP contribution in [0.2, 0.25) is 0 Å². The maximum atomic E-state index is 11.0. The van der Waals surface area contributed by atoms with Gasteiger partial charge in [0.25, 0.3) is 0 Å². The lowest BCUT2D eigenvalue weighted by Gasteiger charge is -2.06. The second-order valence-electron chi connectivity index (χ2n) is 2.78. The molecule has 0 aliphatic carbocycles. The number of carbonyl (C=O) groups excluding carboxylic acids is 1. The molecule has 0 saturated carbocycles. The highest BCUT2D eigenvalue weighted by Gasteiger charge is 1.99. The summed E-state index contributed by atoms with van der Waals surface area (Å²) in [5.41, 5.74) is 3.29. The van der Waals surface area contributed by atoms with E-state index in [0.717, 1.165) is 12.1 Å². The zero-order valence-electron chi connectivity index (χ0n) is 8.12. The van der Waals surface area contributed by atoms with Gasteiger partial charge in [-0.1, -0.05) is 25.1 Å². The third kappa shape index (κ3) is 3.80. The van der Waals surface area contributed by atoms with E-state index in [2.05, 4.69) is 10.8 Å². The Balaban J connectivity index is 2.24. The molecule has 0 aromatic heterocycles. The molecule has 76 valence electrons. The van der Waals surface area contributed by atoms with Crippen LogP contribution in [-0.2, 0) is 4.84 Å². The average Bonchev–Trinajstić information content (AvgIpc) is 2.25. The summed E-state index contributed by atoms with van der Waals surface area (Å²) in [6.07, 6.45) is 0.427. The molecule has 0 unspecified atom stereocenters. The summed E-state index contributed by atoms with van der Waals surface area (Å²) in [5.74, 6) is 0. The first kappa shape index (κ1) is 10.4. The lowest BCUT2D eigenvalue weighted by molar-refractivity contribution is 0.169. The Morgan fingerprint density at radius 2 is 2.07 bits per heavy atom. The van der Waals surface area contributed by atoms with E-state index < -0.39 is 6.09 Å². The SMILES string of the molecule is CCCNC(=O)ONc1ccccc1. The third-order valence-electron chi connectivity index (χ3n) is 1.55. The van der Waals surface area contributed by atoms with Crippen LogP contribution in [0.3, 0.4) is 0 Å². The molecule has 1 rings (SSSR count). The average molecular weight is 194 g/mol. The van der Waals surface area contributed by atoms with E-state index in [0.29, 0.717) is 6.54 Å². The largest absolute Gasteiger partial charge is 0.431 e. The van der Waals surface area contributed by atoms with Gasteiger partial charge in [-0.2, -0.15) is 0 Å². The highest BCUT2D eigenvalue weighted by Crippen LogP contribution is 2.04. The van der Waals surface area contributed by atoms with Crippen LogP contribution < -0.4 is 10.8 Å². The van der Waals surface area contributed by atoms with Crippen molar-refractivity contribution >= 4 is 11.8 Å². The van der Waals surface area contributed by atoms with Crippen LogP contribution in [0, 0.1) is 0 Å². The summed E-state index contributed by atoms with van der Waals surface area (Å²) >= 11 is 0. The molecule has 4 nitrogen and oxygen atoms in total. The summed E-state index contributed by atoms with van der Waals surface area (Å²) in [5, 5.41) is 2.58. The second-order valence-corrected chi connectivity index (χ2v) is 2.78. The number of nitrogens with one attached hydrogen (secondary N) is 2. The number of carbonyl (C=O) groups is 1. The van der Waals surface area contributed by atoms with Crippen LogP contribution in [0.25, 0.3) is 0 Å². The second kappa shape index (κ2) is 5.85. The summed E-state index contributed by atoms with van der Waals surface area (Å²) in [7, 11) is 0. The topological polar surface area (TPSA) is 50.4 Å². The van der Waals surface area contributed by atoms with E-state index in [9.17, 15) is 4.79 Å². The summed E-state index contributed by atoms with van der Waals surface area (Å²) in [4.78, 5) is 15.7. The van der Waals surface area contributed by atoms with E-state index in [1.54, 1.807) is 0 Å². The van der Waals surface area contributed by atoms with Crippen LogP contribution in [0.15, 0.2) is 30.3 Å². The van der Waals surface area contributed by atoms with Crippen LogP contribution in [-0.4, -0.2) is 12.6 Å². The first-order chi connectivity index (χ1) is 6.83. The van der Waals surface area contributed by atoms with Gasteiger partial charge in [-0.15, -0.1) is 0 Å². The normalized spacial score (nSPS) is 9.21. The standard InChI is InChI=1S/C10H14N2O2/c1-2-8-11-10(13)14-12-9-6-4-3-5-7-9/h3-7,12H,2,8H2,1H3,(H,11,13). The Hall–Kier alpha value is -1.71. The molecule has 0 aliphatic heterocycles. The molecule has 1 aromatic rings. The van der Waals surface area contributed by atoms with Crippen molar-refractivity contribution in [1.29, 1.82) is 0 Å². The van der Waals surface area contributed by atoms with Gasteiger partial charge < -0.3 is 10.2 Å². The van der Waals surface area contributed by atoms with Crippen molar-refractivity contribution < 1.29 is 9.63 Å². The van der Waals surface area contributed by atoms with Crippen molar-refractivity contribution in [2.75, 3.05) is 12.0 Å². The molecular weight excluding hydrogens is 180 g/mol. The molecule has 0 heterocycles. The molecule has 14 heavy (non-hydrogen) atoms. The van der Waals surface area contributed by atoms with Crippen LogP contribution in [0.1, 0.15) is 13.3 Å². The monoisotopic (exact) mass is 194 g/mol. The number of benzene rings is 1. The molecule has 0 saturated heterocycles. The van der Waals surface area contributed by atoms with E-state index in [1.807, 2.05) is 37.3 Å². The Kier molecular flexibility index (Phi) is 4.34. The van der Waals surface area contributed by atoms with Crippen LogP contribution in [0.4, 0.5) is 10.5 Å². The fourth-order valence-electron chi connectivity index (χ4n) is 0.875.